The normalized spacial score (nSPS) is 18.9. The van der Waals surface area contributed by atoms with Crippen LogP contribution in [0, 0.1) is 12.8 Å². The molecule has 0 spiro atoms. The lowest BCUT2D eigenvalue weighted by Gasteiger charge is -2.21. The first-order valence-electron chi connectivity index (χ1n) is 7.46. The molecule has 1 unspecified atom stereocenters. The van der Waals surface area contributed by atoms with E-state index in [-0.39, 0.29) is 0 Å². The van der Waals surface area contributed by atoms with E-state index >= 15 is 0 Å². The maximum atomic E-state index is 5.57. The summed E-state index contributed by atoms with van der Waals surface area (Å²) in [5.74, 6) is 0.656. The van der Waals surface area contributed by atoms with Crippen LogP contribution in [-0.2, 0) is 4.74 Å². The van der Waals surface area contributed by atoms with Crippen LogP contribution in [0.1, 0.15) is 18.9 Å². The Kier molecular flexibility index (Phi) is 3.88. The fraction of sp³-hybridized carbons (Fsp3) is 0.471. The summed E-state index contributed by atoms with van der Waals surface area (Å²) in [5, 5.41) is 1.27. The average molecular weight is 270 g/mol. The van der Waals surface area contributed by atoms with E-state index in [2.05, 4.69) is 48.0 Å². The van der Waals surface area contributed by atoms with E-state index in [4.69, 9.17) is 4.74 Å². The summed E-state index contributed by atoms with van der Waals surface area (Å²) in [6.07, 6.45) is 3.15. The Morgan fingerprint density at radius 3 is 3.10 bits per heavy atom. The summed E-state index contributed by atoms with van der Waals surface area (Å²) in [6, 6.07) is 8.57. The third-order valence-corrected chi connectivity index (χ3v) is 4.13. The molecule has 2 aromatic rings. The summed E-state index contributed by atoms with van der Waals surface area (Å²) in [4.78, 5) is 7.01. The minimum atomic E-state index is 0.656. The molecule has 1 fully saturated rings. The van der Waals surface area contributed by atoms with Gasteiger partial charge in [-0.1, -0.05) is 18.2 Å². The molecule has 1 aliphatic rings. The maximum absolute atomic E-state index is 5.57. The van der Waals surface area contributed by atoms with Crippen molar-refractivity contribution in [2.24, 2.45) is 5.92 Å². The number of nitrogens with zero attached hydrogens (tertiary/aromatic N) is 2. The van der Waals surface area contributed by atoms with Gasteiger partial charge in [0, 0.05) is 42.9 Å². The minimum Gasteiger partial charge on any atom is -0.381 e. The van der Waals surface area contributed by atoms with E-state index in [1.54, 1.807) is 0 Å². The van der Waals surface area contributed by atoms with Gasteiger partial charge < -0.3 is 9.64 Å². The van der Waals surface area contributed by atoms with Gasteiger partial charge >= 0.3 is 0 Å². The van der Waals surface area contributed by atoms with Crippen LogP contribution in [0.2, 0.25) is 0 Å². The molecule has 1 aromatic carbocycles. The van der Waals surface area contributed by atoms with Crippen molar-refractivity contribution in [3.8, 4) is 0 Å². The average Bonchev–Trinajstić information content (AvgIpc) is 2.94. The summed E-state index contributed by atoms with van der Waals surface area (Å²) < 4.78 is 5.57. The van der Waals surface area contributed by atoms with Crippen molar-refractivity contribution in [2.75, 3.05) is 31.2 Å². The Labute approximate surface area is 120 Å². The van der Waals surface area contributed by atoms with Crippen molar-refractivity contribution >= 4 is 16.6 Å². The molecule has 0 bridgehead atoms. The van der Waals surface area contributed by atoms with Gasteiger partial charge in [-0.05, 0) is 31.9 Å². The lowest BCUT2D eigenvalue weighted by atomic mass is 10.1. The molecular weight excluding hydrogens is 248 g/mol. The van der Waals surface area contributed by atoms with Gasteiger partial charge in [0.1, 0.15) is 0 Å². The molecule has 0 radical (unpaired) electrons. The topological polar surface area (TPSA) is 25.4 Å². The van der Waals surface area contributed by atoms with Crippen molar-refractivity contribution < 1.29 is 4.74 Å². The Morgan fingerprint density at radius 2 is 2.25 bits per heavy atom. The zero-order chi connectivity index (χ0) is 13.9. The van der Waals surface area contributed by atoms with Crippen LogP contribution >= 0.6 is 0 Å². The zero-order valence-corrected chi connectivity index (χ0v) is 12.3. The molecule has 3 rings (SSSR count). The highest BCUT2D eigenvalue weighted by Gasteiger charge is 2.24. The van der Waals surface area contributed by atoms with Gasteiger partial charge in [0.15, 0.2) is 0 Å². The van der Waals surface area contributed by atoms with E-state index in [9.17, 15) is 0 Å². The molecule has 0 N–H and O–H groups in total. The van der Waals surface area contributed by atoms with E-state index in [0.29, 0.717) is 5.92 Å². The first-order chi connectivity index (χ1) is 9.79. The lowest BCUT2D eigenvalue weighted by Crippen LogP contribution is -2.21. The fourth-order valence-electron chi connectivity index (χ4n) is 3.06. The lowest BCUT2D eigenvalue weighted by molar-refractivity contribution is 0.117. The third kappa shape index (κ3) is 2.50. The third-order valence-electron chi connectivity index (χ3n) is 4.13. The molecule has 0 aliphatic carbocycles. The Morgan fingerprint density at radius 1 is 1.35 bits per heavy atom. The number of hydrogen-bond donors (Lipinski definition) is 0. The van der Waals surface area contributed by atoms with E-state index < -0.39 is 0 Å². The summed E-state index contributed by atoms with van der Waals surface area (Å²) >= 11 is 0. The predicted octanol–water partition coefficient (Wildman–Crippen LogP) is 3.41. The Balaban J connectivity index is 1.86. The van der Waals surface area contributed by atoms with Crippen LogP contribution in [-0.4, -0.2) is 31.3 Å². The molecule has 20 heavy (non-hydrogen) atoms. The van der Waals surface area contributed by atoms with Crippen LogP contribution in [0.15, 0.2) is 30.5 Å². The highest BCUT2D eigenvalue weighted by atomic mass is 16.5. The van der Waals surface area contributed by atoms with Gasteiger partial charge in [-0.15, -0.1) is 0 Å². The maximum Gasteiger partial charge on any atom is 0.0751 e. The molecule has 1 saturated heterocycles. The minimum absolute atomic E-state index is 0.656. The molecule has 3 nitrogen and oxygen atoms in total. The summed E-state index contributed by atoms with van der Waals surface area (Å²) in [5.41, 5.74) is 3.69. The van der Waals surface area contributed by atoms with E-state index in [1.165, 1.54) is 23.1 Å². The molecule has 3 heteroatoms. The number of aromatic nitrogens is 1. The summed E-state index contributed by atoms with van der Waals surface area (Å²) in [7, 11) is 0. The number of hydrogen-bond acceptors (Lipinski definition) is 3. The van der Waals surface area contributed by atoms with E-state index in [0.717, 1.165) is 31.8 Å². The molecule has 0 saturated carbocycles. The first kappa shape index (κ1) is 13.4. The van der Waals surface area contributed by atoms with Crippen LogP contribution < -0.4 is 4.90 Å². The van der Waals surface area contributed by atoms with Crippen molar-refractivity contribution in [1.82, 2.24) is 4.98 Å². The molecule has 2 heterocycles. The number of rotatable bonds is 4. The quantitative estimate of drug-likeness (QED) is 0.851. The van der Waals surface area contributed by atoms with Crippen LogP contribution in [0.4, 0.5) is 5.69 Å². The number of aryl methyl sites for hydroxylation is 1. The van der Waals surface area contributed by atoms with Gasteiger partial charge in [-0.3, -0.25) is 4.98 Å². The Hall–Kier alpha value is -1.61. The molecule has 106 valence electrons. The Bertz CT molecular complexity index is 597. The van der Waals surface area contributed by atoms with Crippen molar-refractivity contribution in [1.29, 1.82) is 0 Å². The van der Waals surface area contributed by atoms with Crippen molar-refractivity contribution in [2.45, 2.75) is 20.3 Å². The molecule has 1 aliphatic heterocycles. The molecule has 1 atom stereocenters. The molecular formula is C17H22N2O. The largest absolute Gasteiger partial charge is 0.381 e. The van der Waals surface area contributed by atoms with Crippen molar-refractivity contribution in [3.63, 3.8) is 0 Å². The second kappa shape index (κ2) is 5.80. The highest BCUT2D eigenvalue weighted by molar-refractivity contribution is 5.93. The van der Waals surface area contributed by atoms with Crippen LogP contribution in [0.25, 0.3) is 10.9 Å². The first-order valence-corrected chi connectivity index (χ1v) is 7.46. The molecule has 0 amide bonds. The van der Waals surface area contributed by atoms with Crippen LogP contribution in [0.3, 0.4) is 0 Å². The number of para-hydroxylation sites is 1. The van der Waals surface area contributed by atoms with Crippen molar-refractivity contribution in [3.05, 3.63) is 36.0 Å². The second-order valence-electron chi connectivity index (χ2n) is 5.56. The molecule has 1 aromatic heterocycles. The SMILES string of the molecule is CCOCC1CCN(c2ccnc3c(C)cccc23)C1. The number of anilines is 1. The van der Waals surface area contributed by atoms with Crippen LogP contribution in [0.5, 0.6) is 0 Å². The van der Waals surface area contributed by atoms with Gasteiger partial charge in [0.05, 0.1) is 12.1 Å². The smallest absolute Gasteiger partial charge is 0.0751 e. The number of pyridine rings is 1. The van der Waals surface area contributed by atoms with Gasteiger partial charge in [0.25, 0.3) is 0 Å². The number of ether oxygens (including phenoxy) is 1. The monoisotopic (exact) mass is 270 g/mol. The standard InChI is InChI=1S/C17H22N2O/c1-3-20-12-14-8-10-19(11-14)16-7-9-18-17-13(2)5-4-6-15(16)17/h4-7,9,14H,3,8,10-12H2,1-2H3. The fourth-order valence-corrected chi connectivity index (χ4v) is 3.06. The predicted molar refractivity (Wildman–Crippen MR) is 83.3 cm³/mol. The van der Waals surface area contributed by atoms with E-state index in [1.807, 2.05) is 6.20 Å². The summed E-state index contributed by atoms with van der Waals surface area (Å²) in [6.45, 7) is 8.09. The van der Waals surface area contributed by atoms with Gasteiger partial charge in [-0.2, -0.15) is 0 Å². The van der Waals surface area contributed by atoms with Gasteiger partial charge in [0.2, 0.25) is 0 Å². The second-order valence-corrected chi connectivity index (χ2v) is 5.56. The zero-order valence-electron chi connectivity index (χ0n) is 12.3. The number of fused-ring (bicyclic) bond motifs is 1. The highest BCUT2D eigenvalue weighted by Crippen LogP contribution is 2.31. The number of benzene rings is 1. The van der Waals surface area contributed by atoms with Gasteiger partial charge in [-0.25, -0.2) is 0 Å².